The van der Waals surface area contributed by atoms with Gasteiger partial charge in [-0.25, -0.2) is 0 Å². The summed E-state index contributed by atoms with van der Waals surface area (Å²) in [6.45, 7) is 4.49. The third kappa shape index (κ3) is 5.39. The van der Waals surface area contributed by atoms with E-state index < -0.39 is 0 Å². The lowest BCUT2D eigenvalue weighted by atomic mass is 10.1. The van der Waals surface area contributed by atoms with Crippen LogP contribution in [-0.2, 0) is 0 Å². The van der Waals surface area contributed by atoms with Gasteiger partial charge in [0.25, 0.3) is 11.8 Å². The number of rotatable bonds is 5. The maximum absolute atomic E-state index is 12.3. The maximum atomic E-state index is 12.3. The van der Waals surface area contributed by atoms with Crippen molar-refractivity contribution in [2.24, 2.45) is 0 Å². The number of aryl methyl sites for hydroxylation is 1. The number of thiocarbonyl (C=S) groups is 1. The average molecular weight is 355 g/mol. The largest absolute Gasteiger partial charge is 0.352 e. The minimum absolute atomic E-state index is 0.139. The van der Waals surface area contributed by atoms with Crippen LogP contribution in [0.3, 0.4) is 0 Å². The van der Waals surface area contributed by atoms with E-state index in [0.717, 1.165) is 12.0 Å². The van der Waals surface area contributed by atoms with Crippen LogP contribution in [-0.4, -0.2) is 23.5 Å². The van der Waals surface area contributed by atoms with Crippen LogP contribution in [0.1, 0.15) is 39.6 Å². The van der Waals surface area contributed by atoms with Crippen molar-refractivity contribution in [1.82, 2.24) is 10.6 Å². The zero-order valence-electron chi connectivity index (χ0n) is 14.3. The number of hydrogen-bond acceptors (Lipinski definition) is 3. The molecule has 2 amide bonds. The molecule has 6 heteroatoms. The molecular formula is C19H21N3O2S. The molecule has 0 fully saturated rings. The number of benzene rings is 2. The smallest absolute Gasteiger partial charge is 0.257 e. The predicted molar refractivity (Wildman–Crippen MR) is 104 cm³/mol. The normalized spacial score (nSPS) is 10.0. The van der Waals surface area contributed by atoms with Crippen LogP contribution in [0.4, 0.5) is 5.69 Å². The van der Waals surface area contributed by atoms with Crippen LogP contribution >= 0.6 is 12.2 Å². The lowest BCUT2D eigenvalue weighted by molar-refractivity contribution is 0.0951. The second-order valence-electron chi connectivity index (χ2n) is 5.56. The number of amides is 2. The van der Waals surface area contributed by atoms with E-state index >= 15 is 0 Å². The van der Waals surface area contributed by atoms with Gasteiger partial charge in [-0.2, -0.15) is 0 Å². The first kappa shape index (κ1) is 18.6. The monoisotopic (exact) mass is 355 g/mol. The molecule has 3 N–H and O–H groups in total. The molecule has 130 valence electrons. The fraction of sp³-hybridized carbons (Fsp3) is 0.211. The van der Waals surface area contributed by atoms with Crippen LogP contribution in [0.15, 0.2) is 48.5 Å². The molecule has 0 aromatic heterocycles. The van der Waals surface area contributed by atoms with Crippen LogP contribution in [0.25, 0.3) is 0 Å². The molecule has 0 heterocycles. The number of hydrogen-bond donors (Lipinski definition) is 3. The lowest BCUT2D eigenvalue weighted by Crippen LogP contribution is -2.34. The summed E-state index contributed by atoms with van der Waals surface area (Å²) in [6, 6.07) is 14.2. The molecule has 2 aromatic rings. The quantitative estimate of drug-likeness (QED) is 0.720. The fourth-order valence-electron chi connectivity index (χ4n) is 2.24. The number of nitrogens with one attached hydrogen (secondary N) is 3. The summed E-state index contributed by atoms with van der Waals surface area (Å²) >= 11 is 5.19. The van der Waals surface area contributed by atoms with Gasteiger partial charge in [-0.3, -0.25) is 14.9 Å². The van der Waals surface area contributed by atoms with Crippen LogP contribution < -0.4 is 16.0 Å². The van der Waals surface area contributed by atoms with Gasteiger partial charge in [0.2, 0.25) is 0 Å². The van der Waals surface area contributed by atoms with Crippen LogP contribution in [0.2, 0.25) is 0 Å². The van der Waals surface area contributed by atoms with Gasteiger partial charge in [0.15, 0.2) is 5.11 Å². The first-order valence-corrected chi connectivity index (χ1v) is 8.48. The van der Waals surface area contributed by atoms with Crippen molar-refractivity contribution in [3.05, 3.63) is 65.2 Å². The van der Waals surface area contributed by atoms with Gasteiger partial charge in [-0.05, 0) is 55.4 Å². The van der Waals surface area contributed by atoms with Crippen molar-refractivity contribution < 1.29 is 9.59 Å². The van der Waals surface area contributed by atoms with Gasteiger partial charge >= 0.3 is 0 Å². The fourth-order valence-corrected chi connectivity index (χ4v) is 2.45. The summed E-state index contributed by atoms with van der Waals surface area (Å²) in [5, 5.41) is 8.58. The van der Waals surface area contributed by atoms with E-state index in [1.54, 1.807) is 36.4 Å². The second kappa shape index (κ2) is 8.94. The highest BCUT2D eigenvalue weighted by Gasteiger charge is 2.11. The van der Waals surface area contributed by atoms with Crippen molar-refractivity contribution in [1.29, 1.82) is 0 Å². The van der Waals surface area contributed by atoms with E-state index in [0.29, 0.717) is 23.4 Å². The minimum atomic E-state index is -0.271. The summed E-state index contributed by atoms with van der Waals surface area (Å²) in [5.74, 6) is -0.409. The molecule has 0 spiro atoms. The zero-order chi connectivity index (χ0) is 18.2. The maximum Gasteiger partial charge on any atom is 0.257 e. The van der Waals surface area contributed by atoms with Crippen molar-refractivity contribution in [2.75, 3.05) is 11.9 Å². The Morgan fingerprint density at radius 2 is 1.80 bits per heavy atom. The Kier molecular flexibility index (Phi) is 6.65. The minimum Gasteiger partial charge on any atom is -0.352 e. The van der Waals surface area contributed by atoms with Gasteiger partial charge in [0.05, 0.1) is 0 Å². The molecular weight excluding hydrogens is 334 g/mol. The molecule has 0 saturated heterocycles. The standard InChI is InChI=1S/C19H21N3O2S/c1-3-11-20-17(23)14-8-6-9-15(12-14)21-19(25)22-18(24)16-10-5-4-7-13(16)2/h4-10,12H,3,11H2,1-2H3,(H,20,23)(H2,21,22,24,25). The van der Waals surface area contributed by atoms with Gasteiger partial charge in [0, 0.05) is 23.4 Å². The number of carbonyl (C=O) groups is 2. The highest BCUT2D eigenvalue weighted by atomic mass is 32.1. The number of carbonyl (C=O) groups excluding carboxylic acids is 2. The summed E-state index contributed by atoms with van der Waals surface area (Å²) in [6.07, 6.45) is 0.874. The summed E-state index contributed by atoms with van der Waals surface area (Å²) in [7, 11) is 0. The molecule has 2 rings (SSSR count). The summed E-state index contributed by atoms with van der Waals surface area (Å²) < 4.78 is 0. The van der Waals surface area contributed by atoms with Crippen LogP contribution in [0, 0.1) is 6.92 Å². The molecule has 5 nitrogen and oxygen atoms in total. The van der Waals surface area contributed by atoms with Gasteiger partial charge in [-0.15, -0.1) is 0 Å². The Morgan fingerprint density at radius 3 is 2.52 bits per heavy atom. The second-order valence-corrected chi connectivity index (χ2v) is 5.97. The van der Waals surface area contributed by atoms with Crippen molar-refractivity contribution in [2.45, 2.75) is 20.3 Å². The Labute approximate surface area is 152 Å². The molecule has 2 aromatic carbocycles. The van der Waals surface area contributed by atoms with E-state index in [1.165, 1.54) is 0 Å². The van der Waals surface area contributed by atoms with Gasteiger partial charge in [0.1, 0.15) is 0 Å². The molecule has 0 unspecified atom stereocenters. The molecule has 0 aliphatic rings. The Hall–Kier alpha value is -2.73. The van der Waals surface area contributed by atoms with E-state index in [2.05, 4.69) is 16.0 Å². The predicted octanol–water partition coefficient (Wildman–Crippen LogP) is 3.26. The third-order valence-corrected chi connectivity index (χ3v) is 3.74. The van der Waals surface area contributed by atoms with E-state index in [1.807, 2.05) is 26.0 Å². The molecule has 25 heavy (non-hydrogen) atoms. The van der Waals surface area contributed by atoms with Gasteiger partial charge < -0.3 is 10.6 Å². The van der Waals surface area contributed by atoms with Crippen molar-refractivity contribution in [3.8, 4) is 0 Å². The summed E-state index contributed by atoms with van der Waals surface area (Å²) in [5.41, 5.74) is 2.61. The first-order chi connectivity index (χ1) is 12.0. The first-order valence-electron chi connectivity index (χ1n) is 8.07. The van der Waals surface area contributed by atoms with Crippen LogP contribution in [0.5, 0.6) is 0 Å². The van der Waals surface area contributed by atoms with E-state index in [-0.39, 0.29) is 16.9 Å². The lowest BCUT2D eigenvalue weighted by Gasteiger charge is -2.12. The molecule has 0 aliphatic heterocycles. The molecule has 0 aliphatic carbocycles. The SMILES string of the molecule is CCCNC(=O)c1cccc(NC(=S)NC(=O)c2ccccc2C)c1. The Morgan fingerprint density at radius 1 is 1.04 bits per heavy atom. The third-order valence-electron chi connectivity index (χ3n) is 3.53. The van der Waals surface area contributed by atoms with Crippen molar-refractivity contribution >= 4 is 34.8 Å². The average Bonchev–Trinajstić information content (AvgIpc) is 2.60. The molecule has 0 bridgehead atoms. The van der Waals surface area contributed by atoms with Crippen molar-refractivity contribution in [3.63, 3.8) is 0 Å². The summed E-state index contributed by atoms with van der Waals surface area (Å²) in [4.78, 5) is 24.3. The Bertz CT molecular complexity index is 790. The molecule has 0 radical (unpaired) electrons. The van der Waals surface area contributed by atoms with E-state index in [9.17, 15) is 9.59 Å². The Balaban J connectivity index is 2.00. The van der Waals surface area contributed by atoms with Gasteiger partial charge in [-0.1, -0.05) is 31.2 Å². The highest BCUT2D eigenvalue weighted by molar-refractivity contribution is 7.80. The topological polar surface area (TPSA) is 70.2 Å². The van der Waals surface area contributed by atoms with E-state index in [4.69, 9.17) is 12.2 Å². The highest BCUT2D eigenvalue weighted by Crippen LogP contribution is 2.11. The number of anilines is 1. The molecule has 0 saturated carbocycles. The zero-order valence-corrected chi connectivity index (χ0v) is 15.1. The molecule has 0 atom stereocenters.